The Kier molecular flexibility index (Phi) is 14.4. The van der Waals surface area contributed by atoms with Gasteiger partial charge in [-0.05, 0) is 45.0 Å². The van der Waals surface area contributed by atoms with Crippen molar-refractivity contribution in [1.29, 1.82) is 0 Å². The summed E-state index contributed by atoms with van der Waals surface area (Å²) in [7, 11) is -5.61. The maximum absolute atomic E-state index is 11.5. The Morgan fingerprint density at radius 1 is 0.690 bits per heavy atom. The second-order valence-corrected chi connectivity index (χ2v) is 9.58. The molecule has 2 aromatic rings. The SMILES string of the molecule is CCOP(C)(=O)OCC.CCOP(C)(=O)Oc1ccccc1.Oc1ccccc1. The highest BCUT2D eigenvalue weighted by molar-refractivity contribution is 7.53. The third kappa shape index (κ3) is 15.9. The van der Waals surface area contributed by atoms with Gasteiger partial charge >= 0.3 is 15.2 Å². The fourth-order valence-electron chi connectivity index (χ4n) is 1.87. The summed E-state index contributed by atoms with van der Waals surface area (Å²) in [5, 5.41) is 8.63. The van der Waals surface area contributed by atoms with Crippen molar-refractivity contribution in [1.82, 2.24) is 0 Å². The van der Waals surface area contributed by atoms with Gasteiger partial charge in [0.25, 0.3) is 0 Å². The first-order valence-corrected chi connectivity index (χ1v) is 13.2. The molecule has 0 heterocycles. The molecule has 1 N–H and O–H groups in total. The molecule has 0 aliphatic carbocycles. The summed E-state index contributed by atoms with van der Waals surface area (Å²) in [6.07, 6.45) is 0. The lowest BCUT2D eigenvalue weighted by atomic mass is 10.3. The van der Waals surface area contributed by atoms with Gasteiger partial charge in [-0.15, -0.1) is 0 Å². The maximum atomic E-state index is 11.5. The van der Waals surface area contributed by atoms with Crippen LogP contribution in [0.5, 0.6) is 11.5 Å². The number of benzene rings is 2. The minimum absolute atomic E-state index is 0.322. The lowest BCUT2D eigenvalue weighted by Gasteiger charge is -2.13. The van der Waals surface area contributed by atoms with Crippen molar-refractivity contribution in [3.63, 3.8) is 0 Å². The standard InChI is InChI=1S/C9H13O3P.C6H6O.C5H13O3P/c1-3-11-13(2,10)12-9-7-5-4-6-8-9;7-6-4-2-1-3-5-6;1-4-7-9(3,6)8-5-2/h4-8H,3H2,1-2H3;1-5,7H;4-5H2,1-3H3. The van der Waals surface area contributed by atoms with Crippen molar-refractivity contribution in [3.8, 4) is 11.5 Å². The van der Waals surface area contributed by atoms with E-state index in [1.54, 1.807) is 57.2 Å². The van der Waals surface area contributed by atoms with Crippen LogP contribution in [0.25, 0.3) is 0 Å². The normalized spacial score (nSPS) is 12.4. The first-order chi connectivity index (χ1) is 13.7. The third-order valence-corrected chi connectivity index (χ3v) is 5.59. The number of hydrogen-bond donors (Lipinski definition) is 1. The summed E-state index contributed by atoms with van der Waals surface area (Å²) >= 11 is 0. The van der Waals surface area contributed by atoms with Crippen molar-refractivity contribution < 1.29 is 32.3 Å². The van der Waals surface area contributed by atoms with E-state index in [0.29, 0.717) is 31.3 Å². The Labute approximate surface area is 174 Å². The number of para-hydroxylation sites is 2. The average molecular weight is 446 g/mol. The predicted molar refractivity (Wildman–Crippen MR) is 117 cm³/mol. The summed E-state index contributed by atoms with van der Waals surface area (Å²) in [5.74, 6) is 0.893. The molecule has 29 heavy (non-hydrogen) atoms. The monoisotopic (exact) mass is 446 g/mol. The molecule has 0 saturated carbocycles. The van der Waals surface area contributed by atoms with E-state index in [1.165, 1.54) is 13.3 Å². The minimum atomic E-state index is -2.91. The van der Waals surface area contributed by atoms with Crippen LogP contribution in [0.2, 0.25) is 0 Å². The smallest absolute Gasteiger partial charge is 0.376 e. The molecule has 0 aliphatic rings. The number of rotatable bonds is 8. The topological polar surface area (TPSA) is 91.3 Å². The molecule has 2 aromatic carbocycles. The summed E-state index contributed by atoms with van der Waals surface area (Å²) < 4.78 is 42.3. The van der Waals surface area contributed by atoms with Crippen LogP contribution in [0.1, 0.15) is 20.8 Å². The van der Waals surface area contributed by atoms with Gasteiger partial charge in [-0.1, -0.05) is 36.4 Å². The molecule has 0 spiro atoms. The molecule has 1 unspecified atom stereocenters. The second kappa shape index (κ2) is 15.3. The Bertz CT molecular complexity index is 729. The van der Waals surface area contributed by atoms with Crippen LogP contribution in [-0.2, 0) is 22.7 Å². The number of aromatic hydroxyl groups is 1. The summed E-state index contributed by atoms with van der Waals surface area (Å²) in [5.41, 5.74) is 0. The second-order valence-electron chi connectivity index (χ2n) is 5.54. The van der Waals surface area contributed by atoms with Gasteiger partial charge in [-0.3, -0.25) is 4.57 Å². The van der Waals surface area contributed by atoms with Crippen molar-refractivity contribution in [3.05, 3.63) is 60.7 Å². The Balaban J connectivity index is 0.000000429. The molecule has 7 nitrogen and oxygen atoms in total. The van der Waals surface area contributed by atoms with Gasteiger partial charge in [0.05, 0.1) is 19.8 Å². The van der Waals surface area contributed by atoms with E-state index >= 15 is 0 Å². The summed E-state index contributed by atoms with van der Waals surface area (Å²) in [4.78, 5) is 0. The van der Waals surface area contributed by atoms with Crippen molar-refractivity contribution in [2.24, 2.45) is 0 Å². The van der Waals surface area contributed by atoms with Crippen molar-refractivity contribution in [2.75, 3.05) is 33.2 Å². The molecule has 2 rings (SSSR count). The number of phenols is 1. The molecule has 1 atom stereocenters. The summed E-state index contributed by atoms with van der Waals surface area (Å²) in [6, 6.07) is 17.7. The molecule has 0 saturated heterocycles. The maximum Gasteiger partial charge on any atom is 0.376 e. The minimum Gasteiger partial charge on any atom is -0.508 e. The Hall–Kier alpha value is -1.62. The Morgan fingerprint density at radius 2 is 1.07 bits per heavy atom. The molecule has 0 bridgehead atoms. The van der Waals surface area contributed by atoms with E-state index in [9.17, 15) is 9.13 Å². The van der Waals surface area contributed by atoms with E-state index in [4.69, 9.17) is 23.2 Å². The van der Waals surface area contributed by atoms with Crippen molar-refractivity contribution in [2.45, 2.75) is 20.8 Å². The van der Waals surface area contributed by atoms with Gasteiger partial charge in [0.2, 0.25) is 0 Å². The zero-order valence-electron chi connectivity index (χ0n) is 17.7. The van der Waals surface area contributed by atoms with Gasteiger partial charge in [-0.2, -0.15) is 0 Å². The lowest BCUT2D eigenvalue weighted by molar-refractivity contribution is 0.225. The van der Waals surface area contributed by atoms with Gasteiger partial charge in [0.1, 0.15) is 11.5 Å². The first kappa shape index (κ1) is 27.4. The van der Waals surface area contributed by atoms with Crippen LogP contribution in [0, 0.1) is 0 Å². The molecule has 0 aromatic heterocycles. The van der Waals surface area contributed by atoms with E-state index in [-0.39, 0.29) is 0 Å². The van der Waals surface area contributed by atoms with E-state index in [1.807, 2.05) is 24.3 Å². The zero-order valence-corrected chi connectivity index (χ0v) is 19.5. The fourth-order valence-corrected chi connectivity index (χ4v) is 3.91. The molecule has 0 amide bonds. The molecule has 9 heteroatoms. The van der Waals surface area contributed by atoms with E-state index in [0.717, 1.165) is 0 Å². The summed E-state index contributed by atoms with van der Waals surface area (Å²) in [6.45, 7) is 9.56. The molecule has 0 radical (unpaired) electrons. The highest BCUT2D eigenvalue weighted by Gasteiger charge is 2.16. The lowest BCUT2D eigenvalue weighted by Crippen LogP contribution is -1.95. The van der Waals surface area contributed by atoms with Gasteiger partial charge in [0, 0.05) is 13.3 Å². The molecule has 164 valence electrons. The number of phenolic OH excluding ortho intramolecular Hbond substituents is 1. The Morgan fingerprint density at radius 3 is 1.41 bits per heavy atom. The number of hydrogen-bond acceptors (Lipinski definition) is 7. The quantitative estimate of drug-likeness (QED) is 0.483. The fraction of sp³-hybridized carbons (Fsp3) is 0.400. The zero-order chi connectivity index (χ0) is 22.2. The largest absolute Gasteiger partial charge is 0.508 e. The van der Waals surface area contributed by atoms with Crippen LogP contribution in [0.3, 0.4) is 0 Å². The molecular formula is C20H32O7P2. The van der Waals surface area contributed by atoms with Crippen molar-refractivity contribution >= 4 is 15.2 Å². The van der Waals surface area contributed by atoms with Crippen LogP contribution in [0.4, 0.5) is 0 Å². The van der Waals surface area contributed by atoms with Crippen LogP contribution in [-0.4, -0.2) is 38.3 Å². The highest BCUT2D eigenvalue weighted by atomic mass is 31.2. The van der Waals surface area contributed by atoms with E-state index in [2.05, 4.69) is 0 Å². The first-order valence-electron chi connectivity index (χ1n) is 9.23. The molecular weight excluding hydrogens is 414 g/mol. The van der Waals surface area contributed by atoms with Gasteiger partial charge in [-0.25, -0.2) is 4.57 Å². The highest BCUT2D eigenvalue weighted by Crippen LogP contribution is 2.44. The predicted octanol–water partition coefficient (Wildman–Crippen LogP) is 6.20. The van der Waals surface area contributed by atoms with Crippen LogP contribution < -0.4 is 4.52 Å². The van der Waals surface area contributed by atoms with Gasteiger partial charge < -0.3 is 23.2 Å². The van der Waals surface area contributed by atoms with Crippen LogP contribution in [0.15, 0.2) is 60.7 Å². The van der Waals surface area contributed by atoms with Crippen LogP contribution >= 0.6 is 15.2 Å². The molecule has 0 fully saturated rings. The molecule has 0 aliphatic heterocycles. The van der Waals surface area contributed by atoms with Gasteiger partial charge in [0.15, 0.2) is 0 Å². The third-order valence-electron chi connectivity index (χ3n) is 2.86. The van der Waals surface area contributed by atoms with E-state index < -0.39 is 15.2 Å². The average Bonchev–Trinajstić information content (AvgIpc) is 2.63.